The van der Waals surface area contributed by atoms with Gasteiger partial charge in [-0.2, -0.15) is 0 Å². The van der Waals surface area contributed by atoms with E-state index in [0.717, 1.165) is 0 Å². The second-order valence-electron chi connectivity index (χ2n) is 2.06. The van der Waals surface area contributed by atoms with E-state index < -0.39 is 6.10 Å². The predicted molar refractivity (Wildman–Crippen MR) is 32.2 cm³/mol. The zero-order valence-electron chi connectivity index (χ0n) is 5.17. The van der Waals surface area contributed by atoms with Gasteiger partial charge in [-0.1, -0.05) is 6.92 Å². The Bertz CT molecular complexity index is 52.5. The van der Waals surface area contributed by atoms with Crippen molar-refractivity contribution in [2.75, 3.05) is 6.61 Å². The van der Waals surface area contributed by atoms with Crippen LogP contribution in [0.15, 0.2) is 0 Å². The Morgan fingerprint density at radius 1 is 1.62 bits per heavy atom. The standard InChI is InChI=1S/C6H13O2/c1-5(2)6(8)3-4-7/h5-8H,1,3-4H2,2H3. The lowest BCUT2D eigenvalue weighted by molar-refractivity contribution is 0.102. The van der Waals surface area contributed by atoms with Crippen LogP contribution in [0.2, 0.25) is 0 Å². The molecule has 0 aromatic heterocycles. The van der Waals surface area contributed by atoms with E-state index in [4.69, 9.17) is 10.2 Å². The minimum Gasteiger partial charge on any atom is -0.396 e. The molecule has 0 aliphatic heterocycles. The maximum atomic E-state index is 8.90. The molecular formula is C6H13O2. The first kappa shape index (κ1) is 7.92. The molecule has 2 heteroatoms. The van der Waals surface area contributed by atoms with Gasteiger partial charge in [0.2, 0.25) is 0 Å². The molecule has 0 amide bonds. The fraction of sp³-hybridized carbons (Fsp3) is 0.833. The molecule has 0 aromatic carbocycles. The molecule has 2 atom stereocenters. The van der Waals surface area contributed by atoms with E-state index in [-0.39, 0.29) is 12.5 Å². The van der Waals surface area contributed by atoms with Crippen LogP contribution in [0.4, 0.5) is 0 Å². The van der Waals surface area contributed by atoms with E-state index >= 15 is 0 Å². The van der Waals surface area contributed by atoms with Gasteiger partial charge in [0.15, 0.2) is 0 Å². The third-order valence-electron chi connectivity index (χ3n) is 1.08. The van der Waals surface area contributed by atoms with Crippen molar-refractivity contribution in [1.82, 2.24) is 0 Å². The molecule has 0 spiro atoms. The van der Waals surface area contributed by atoms with Crippen molar-refractivity contribution >= 4 is 0 Å². The van der Waals surface area contributed by atoms with Gasteiger partial charge in [-0.25, -0.2) is 0 Å². The lowest BCUT2D eigenvalue weighted by Gasteiger charge is -2.10. The third-order valence-corrected chi connectivity index (χ3v) is 1.08. The molecule has 2 nitrogen and oxygen atoms in total. The maximum absolute atomic E-state index is 8.90. The minimum atomic E-state index is -0.444. The fourth-order valence-corrected chi connectivity index (χ4v) is 0.417. The summed E-state index contributed by atoms with van der Waals surface area (Å²) < 4.78 is 0. The Labute approximate surface area is 50.2 Å². The van der Waals surface area contributed by atoms with Crippen LogP contribution in [-0.2, 0) is 0 Å². The quantitative estimate of drug-likeness (QED) is 0.554. The summed E-state index contributed by atoms with van der Waals surface area (Å²) in [5.74, 6) is 0.0159. The van der Waals surface area contributed by atoms with Crippen LogP contribution >= 0.6 is 0 Å². The zero-order chi connectivity index (χ0) is 6.57. The second-order valence-corrected chi connectivity index (χ2v) is 2.06. The second kappa shape index (κ2) is 3.87. The molecule has 1 radical (unpaired) electrons. The normalized spacial score (nSPS) is 14.6. The Morgan fingerprint density at radius 2 is 2.12 bits per heavy atom. The van der Waals surface area contributed by atoms with Gasteiger partial charge >= 0.3 is 0 Å². The predicted octanol–water partition coefficient (Wildman–Crippen LogP) is 0.200. The Morgan fingerprint density at radius 3 is 2.25 bits per heavy atom. The van der Waals surface area contributed by atoms with E-state index in [1.165, 1.54) is 0 Å². The smallest absolute Gasteiger partial charge is 0.0587 e. The highest BCUT2D eigenvalue weighted by Crippen LogP contribution is 2.02. The van der Waals surface area contributed by atoms with E-state index in [1.807, 2.05) is 6.92 Å². The Kier molecular flexibility index (Phi) is 3.83. The number of rotatable bonds is 3. The molecule has 2 N–H and O–H groups in total. The molecule has 8 heavy (non-hydrogen) atoms. The van der Waals surface area contributed by atoms with Crippen LogP contribution < -0.4 is 0 Å². The highest BCUT2D eigenvalue weighted by molar-refractivity contribution is 4.64. The summed E-state index contributed by atoms with van der Waals surface area (Å²) in [7, 11) is 0. The molecule has 0 aliphatic carbocycles. The van der Waals surface area contributed by atoms with Crippen molar-refractivity contribution in [2.24, 2.45) is 5.92 Å². The summed E-state index contributed by atoms with van der Waals surface area (Å²) in [6.07, 6.45) is -0.00926. The molecule has 0 aliphatic rings. The Balaban J connectivity index is 3.17. The SMILES string of the molecule is [CH2]C(C)C(O)CCO. The van der Waals surface area contributed by atoms with E-state index in [2.05, 4.69) is 6.92 Å². The van der Waals surface area contributed by atoms with Crippen LogP contribution in [0.1, 0.15) is 13.3 Å². The Hall–Kier alpha value is -0.0800. The fourth-order valence-electron chi connectivity index (χ4n) is 0.417. The molecule has 0 saturated carbocycles. The van der Waals surface area contributed by atoms with Crippen LogP contribution in [0.25, 0.3) is 0 Å². The summed E-state index contributed by atoms with van der Waals surface area (Å²) >= 11 is 0. The summed E-state index contributed by atoms with van der Waals surface area (Å²) in [5, 5.41) is 17.2. The van der Waals surface area contributed by atoms with Gasteiger partial charge in [0, 0.05) is 6.61 Å². The van der Waals surface area contributed by atoms with Gasteiger partial charge in [-0.3, -0.25) is 0 Å². The third kappa shape index (κ3) is 2.99. The van der Waals surface area contributed by atoms with Crippen molar-refractivity contribution in [3.8, 4) is 0 Å². The van der Waals surface area contributed by atoms with Gasteiger partial charge < -0.3 is 10.2 Å². The van der Waals surface area contributed by atoms with Gasteiger partial charge in [0.1, 0.15) is 0 Å². The zero-order valence-corrected chi connectivity index (χ0v) is 5.17. The van der Waals surface area contributed by atoms with Gasteiger partial charge in [-0.05, 0) is 19.3 Å². The van der Waals surface area contributed by atoms with E-state index in [0.29, 0.717) is 6.42 Å². The van der Waals surface area contributed by atoms with E-state index in [9.17, 15) is 0 Å². The van der Waals surface area contributed by atoms with Crippen LogP contribution in [0.5, 0.6) is 0 Å². The number of hydrogen-bond acceptors (Lipinski definition) is 2. The summed E-state index contributed by atoms with van der Waals surface area (Å²) in [6, 6.07) is 0. The van der Waals surface area contributed by atoms with Gasteiger partial charge in [0.25, 0.3) is 0 Å². The van der Waals surface area contributed by atoms with Crippen molar-refractivity contribution in [3.05, 3.63) is 6.92 Å². The molecule has 0 aromatic rings. The topological polar surface area (TPSA) is 40.5 Å². The van der Waals surface area contributed by atoms with E-state index in [1.54, 1.807) is 0 Å². The molecule has 0 fully saturated rings. The van der Waals surface area contributed by atoms with Gasteiger partial charge in [0.05, 0.1) is 6.10 Å². The molecule has 0 bridgehead atoms. The van der Waals surface area contributed by atoms with Crippen LogP contribution in [-0.4, -0.2) is 22.9 Å². The summed E-state index contributed by atoms with van der Waals surface area (Å²) in [5.41, 5.74) is 0. The molecule has 49 valence electrons. The number of aliphatic hydroxyl groups excluding tert-OH is 2. The van der Waals surface area contributed by atoms with Crippen LogP contribution in [0, 0.1) is 12.8 Å². The number of aliphatic hydroxyl groups is 2. The monoisotopic (exact) mass is 117 g/mol. The van der Waals surface area contributed by atoms with Crippen molar-refractivity contribution in [3.63, 3.8) is 0 Å². The molecule has 0 rings (SSSR count). The largest absolute Gasteiger partial charge is 0.396 e. The molecule has 2 unspecified atom stereocenters. The minimum absolute atomic E-state index is 0.0159. The number of hydrogen-bond donors (Lipinski definition) is 2. The highest BCUT2D eigenvalue weighted by atomic mass is 16.3. The van der Waals surface area contributed by atoms with Crippen LogP contribution in [0.3, 0.4) is 0 Å². The highest BCUT2D eigenvalue weighted by Gasteiger charge is 2.06. The summed E-state index contributed by atoms with van der Waals surface area (Å²) in [6.45, 7) is 5.46. The summed E-state index contributed by atoms with van der Waals surface area (Å²) in [4.78, 5) is 0. The average molecular weight is 117 g/mol. The molecule has 0 saturated heterocycles. The van der Waals surface area contributed by atoms with Crippen molar-refractivity contribution in [1.29, 1.82) is 0 Å². The first-order valence-corrected chi connectivity index (χ1v) is 2.80. The first-order chi connectivity index (χ1) is 3.68. The lowest BCUT2D eigenvalue weighted by atomic mass is 10.1. The lowest BCUT2D eigenvalue weighted by Crippen LogP contribution is -2.15. The average Bonchev–Trinajstić information content (AvgIpc) is 1.67. The van der Waals surface area contributed by atoms with Crippen molar-refractivity contribution in [2.45, 2.75) is 19.4 Å². The molecular weight excluding hydrogens is 104 g/mol. The molecule has 0 heterocycles. The van der Waals surface area contributed by atoms with Crippen molar-refractivity contribution < 1.29 is 10.2 Å². The maximum Gasteiger partial charge on any atom is 0.0587 e. The first-order valence-electron chi connectivity index (χ1n) is 2.80. The van der Waals surface area contributed by atoms with Gasteiger partial charge in [-0.15, -0.1) is 0 Å².